The van der Waals surface area contributed by atoms with Crippen LogP contribution in [0.25, 0.3) is 0 Å². The topological polar surface area (TPSA) is 108 Å². The van der Waals surface area contributed by atoms with Gasteiger partial charge in [0.15, 0.2) is 0 Å². The van der Waals surface area contributed by atoms with Crippen LogP contribution in [0.2, 0.25) is 0 Å². The maximum absolute atomic E-state index is 13.1. The van der Waals surface area contributed by atoms with Crippen molar-refractivity contribution >= 4 is 17.6 Å². The van der Waals surface area contributed by atoms with Crippen molar-refractivity contribution in [1.29, 1.82) is 0 Å². The zero-order chi connectivity index (χ0) is 25.4. The monoisotopic (exact) mass is 487 g/mol. The molecule has 0 aliphatic carbocycles. The molecule has 0 spiro atoms. The van der Waals surface area contributed by atoms with Crippen molar-refractivity contribution in [1.82, 2.24) is 16.0 Å². The fourth-order valence-corrected chi connectivity index (χ4v) is 3.95. The second-order valence-electron chi connectivity index (χ2n) is 8.78. The molecule has 3 rings (SSSR count). The van der Waals surface area contributed by atoms with E-state index in [0.717, 1.165) is 30.5 Å². The third-order valence-corrected chi connectivity index (χ3v) is 5.92. The summed E-state index contributed by atoms with van der Waals surface area (Å²) in [4.78, 5) is 25.6. The molecule has 0 bridgehead atoms. The van der Waals surface area contributed by atoms with Crippen molar-refractivity contribution in [2.75, 3.05) is 18.4 Å². The molecule has 2 atom stereocenters. The van der Waals surface area contributed by atoms with E-state index >= 15 is 0 Å². The van der Waals surface area contributed by atoms with E-state index in [4.69, 9.17) is 5.73 Å². The summed E-state index contributed by atoms with van der Waals surface area (Å²) in [5.74, 6) is -0.0641. The fourth-order valence-electron chi connectivity index (χ4n) is 3.95. The quantitative estimate of drug-likeness (QED) is 0.238. The van der Waals surface area contributed by atoms with Gasteiger partial charge >= 0.3 is 6.03 Å². The SMILES string of the molecule is NCCC[C@H](N[C@@H](CCc1ccccc1)CNC(=O)Nc1ccccc1)C(=O)NCc1ccccc1. The van der Waals surface area contributed by atoms with Crippen molar-refractivity contribution in [3.63, 3.8) is 0 Å². The van der Waals surface area contributed by atoms with Crippen molar-refractivity contribution in [2.24, 2.45) is 5.73 Å². The maximum atomic E-state index is 13.1. The number of para-hydroxylation sites is 1. The predicted molar refractivity (Wildman–Crippen MR) is 146 cm³/mol. The van der Waals surface area contributed by atoms with Gasteiger partial charge in [-0.15, -0.1) is 0 Å². The molecule has 0 unspecified atom stereocenters. The van der Waals surface area contributed by atoms with E-state index in [9.17, 15) is 9.59 Å². The molecule has 0 saturated carbocycles. The fraction of sp³-hybridized carbons (Fsp3) is 0.310. The van der Waals surface area contributed by atoms with Gasteiger partial charge in [0.2, 0.25) is 5.91 Å². The normalized spacial score (nSPS) is 12.4. The van der Waals surface area contributed by atoms with Crippen LogP contribution in [0.1, 0.15) is 30.4 Å². The summed E-state index contributed by atoms with van der Waals surface area (Å²) < 4.78 is 0. The highest BCUT2D eigenvalue weighted by Gasteiger charge is 2.22. The maximum Gasteiger partial charge on any atom is 0.319 e. The van der Waals surface area contributed by atoms with Crippen LogP contribution in [0.5, 0.6) is 0 Å². The number of hydrogen-bond donors (Lipinski definition) is 5. The van der Waals surface area contributed by atoms with E-state index in [1.54, 1.807) is 0 Å². The van der Waals surface area contributed by atoms with Gasteiger partial charge in [-0.2, -0.15) is 0 Å². The third kappa shape index (κ3) is 9.90. The lowest BCUT2D eigenvalue weighted by Gasteiger charge is -2.26. The zero-order valence-electron chi connectivity index (χ0n) is 20.7. The van der Waals surface area contributed by atoms with Crippen molar-refractivity contribution in [3.05, 3.63) is 102 Å². The first-order valence-electron chi connectivity index (χ1n) is 12.6. The van der Waals surface area contributed by atoms with Crippen LogP contribution >= 0.6 is 0 Å². The zero-order valence-corrected chi connectivity index (χ0v) is 20.7. The average molecular weight is 488 g/mol. The lowest BCUT2D eigenvalue weighted by Crippen LogP contribution is -2.52. The molecule has 7 heteroatoms. The summed E-state index contributed by atoms with van der Waals surface area (Å²) in [6, 6.07) is 28.6. The summed E-state index contributed by atoms with van der Waals surface area (Å²) in [6.45, 7) is 1.36. The molecule has 3 aromatic carbocycles. The van der Waals surface area contributed by atoms with E-state index < -0.39 is 6.04 Å². The Balaban J connectivity index is 1.62. The first-order valence-corrected chi connectivity index (χ1v) is 12.6. The Hall–Kier alpha value is -3.68. The van der Waals surface area contributed by atoms with Crippen LogP contribution in [0.3, 0.4) is 0 Å². The van der Waals surface area contributed by atoms with E-state index in [2.05, 4.69) is 33.4 Å². The van der Waals surface area contributed by atoms with E-state index in [-0.39, 0.29) is 18.0 Å². The molecular formula is C29H37N5O2. The summed E-state index contributed by atoms with van der Waals surface area (Å²) in [5, 5.41) is 12.4. The van der Waals surface area contributed by atoms with Gasteiger partial charge in [-0.25, -0.2) is 4.79 Å². The molecule has 6 N–H and O–H groups in total. The number of rotatable bonds is 14. The Kier molecular flexibility index (Phi) is 11.5. The lowest BCUT2D eigenvalue weighted by atomic mass is 10.0. The van der Waals surface area contributed by atoms with Gasteiger partial charge in [-0.05, 0) is 55.5 Å². The lowest BCUT2D eigenvalue weighted by molar-refractivity contribution is -0.123. The molecule has 0 heterocycles. The van der Waals surface area contributed by atoms with Gasteiger partial charge in [-0.1, -0.05) is 78.9 Å². The van der Waals surface area contributed by atoms with Gasteiger partial charge in [0.05, 0.1) is 6.04 Å². The number of carbonyl (C=O) groups excluding carboxylic acids is 2. The molecular weight excluding hydrogens is 450 g/mol. The van der Waals surface area contributed by atoms with Gasteiger partial charge in [0, 0.05) is 24.8 Å². The molecule has 3 amide bonds. The first kappa shape index (κ1) is 26.9. The molecule has 0 aliphatic heterocycles. The summed E-state index contributed by atoms with van der Waals surface area (Å²) in [5.41, 5.74) is 8.74. The second kappa shape index (κ2) is 15.3. The molecule has 0 fully saturated rings. The summed E-state index contributed by atoms with van der Waals surface area (Å²) in [7, 11) is 0. The molecule has 0 radical (unpaired) electrons. The molecule has 0 aliphatic rings. The van der Waals surface area contributed by atoms with Crippen molar-refractivity contribution in [3.8, 4) is 0 Å². The van der Waals surface area contributed by atoms with E-state index in [1.165, 1.54) is 5.56 Å². The Morgan fingerprint density at radius 2 is 1.36 bits per heavy atom. The molecule has 190 valence electrons. The molecule has 3 aromatic rings. The van der Waals surface area contributed by atoms with Crippen LogP contribution in [-0.4, -0.2) is 37.1 Å². The van der Waals surface area contributed by atoms with Gasteiger partial charge < -0.3 is 27.0 Å². The largest absolute Gasteiger partial charge is 0.351 e. The number of benzene rings is 3. The smallest absolute Gasteiger partial charge is 0.319 e. The van der Waals surface area contributed by atoms with Crippen LogP contribution in [-0.2, 0) is 17.8 Å². The highest BCUT2D eigenvalue weighted by Crippen LogP contribution is 2.09. The Morgan fingerprint density at radius 3 is 2.00 bits per heavy atom. The summed E-state index contributed by atoms with van der Waals surface area (Å²) >= 11 is 0. The molecule has 0 saturated heterocycles. The Morgan fingerprint density at radius 1 is 0.750 bits per heavy atom. The number of nitrogens with two attached hydrogens (primary N) is 1. The van der Waals surface area contributed by atoms with Crippen molar-refractivity contribution < 1.29 is 9.59 Å². The highest BCUT2D eigenvalue weighted by atomic mass is 16.2. The predicted octanol–water partition coefficient (Wildman–Crippen LogP) is 3.82. The number of urea groups is 1. The number of carbonyl (C=O) groups is 2. The van der Waals surface area contributed by atoms with Crippen LogP contribution in [0, 0.1) is 0 Å². The Labute approximate surface area is 213 Å². The minimum absolute atomic E-state index is 0.0641. The first-order chi connectivity index (χ1) is 17.6. The minimum Gasteiger partial charge on any atom is -0.351 e. The van der Waals surface area contributed by atoms with Crippen LogP contribution in [0.4, 0.5) is 10.5 Å². The molecule has 0 aromatic heterocycles. The number of amides is 3. The van der Waals surface area contributed by atoms with Crippen molar-refractivity contribution in [2.45, 2.75) is 44.3 Å². The highest BCUT2D eigenvalue weighted by molar-refractivity contribution is 5.89. The summed E-state index contributed by atoms with van der Waals surface area (Å²) in [6.07, 6.45) is 2.94. The Bertz CT molecular complexity index is 1030. The second-order valence-corrected chi connectivity index (χ2v) is 8.78. The van der Waals surface area contributed by atoms with Crippen LogP contribution in [0.15, 0.2) is 91.0 Å². The average Bonchev–Trinajstić information content (AvgIpc) is 2.92. The number of anilines is 1. The number of aryl methyl sites for hydroxylation is 1. The standard InChI is InChI=1S/C29H37N5O2/c30-20-10-17-27(28(35)31-21-24-13-6-2-7-14-24)33-26(19-18-23-11-4-1-5-12-23)22-32-29(36)34-25-15-8-3-9-16-25/h1-9,11-16,26-27,33H,10,17-22,30H2,(H,31,35)(H2,32,34,36)/t26-,27-/m0/s1. The molecule has 7 nitrogen and oxygen atoms in total. The number of hydrogen-bond acceptors (Lipinski definition) is 4. The van der Waals surface area contributed by atoms with E-state index in [0.29, 0.717) is 26.1 Å². The van der Waals surface area contributed by atoms with Gasteiger partial charge in [-0.3, -0.25) is 4.79 Å². The molecule has 36 heavy (non-hydrogen) atoms. The van der Waals surface area contributed by atoms with Gasteiger partial charge in [0.25, 0.3) is 0 Å². The van der Waals surface area contributed by atoms with Crippen LogP contribution < -0.4 is 27.0 Å². The van der Waals surface area contributed by atoms with Gasteiger partial charge in [0.1, 0.15) is 0 Å². The third-order valence-electron chi connectivity index (χ3n) is 5.92. The number of nitrogens with one attached hydrogen (secondary N) is 4. The van der Waals surface area contributed by atoms with E-state index in [1.807, 2.05) is 78.9 Å². The minimum atomic E-state index is -0.406.